The van der Waals surface area contributed by atoms with Crippen LogP contribution in [-0.4, -0.2) is 16.0 Å². The van der Waals surface area contributed by atoms with Gasteiger partial charge in [-0.1, -0.05) is 24.3 Å². The zero-order valence-corrected chi connectivity index (χ0v) is 14.3. The van der Waals surface area contributed by atoms with E-state index in [9.17, 15) is 14.3 Å². The van der Waals surface area contributed by atoms with Gasteiger partial charge in [0, 0.05) is 5.56 Å². The third-order valence-electron chi connectivity index (χ3n) is 3.90. The van der Waals surface area contributed by atoms with Gasteiger partial charge in [0.1, 0.15) is 16.6 Å². The lowest BCUT2D eigenvalue weighted by Crippen LogP contribution is -2.12. The van der Waals surface area contributed by atoms with Crippen molar-refractivity contribution >= 4 is 33.1 Å². The molecule has 0 unspecified atom stereocenters. The molecule has 0 radical (unpaired) electrons. The summed E-state index contributed by atoms with van der Waals surface area (Å²) in [5, 5.41) is 13.9. The number of anilines is 1. The van der Waals surface area contributed by atoms with Gasteiger partial charge in [-0.2, -0.15) is 0 Å². The molecule has 26 heavy (non-hydrogen) atoms. The van der Waals surface area contributed by atoms with E-state index in [-0.39, 0.29) is 17.0 Å². The molecule has 4 nitrogen and oxygen atoms in total. The standard InChI is InChI=1S/C20H13FN2O2S/c21-13-6-3-5-12(11-13)19(25)22-16-9-4-7-14(18(16)24)20-23-15-8-1-2-10-17(15)26-20/h1-11,24H,(H,22,25). The number of amides is 1. The predicted molar refractivity (Wildman–Crippen MR) is 101 cm³/mol. The normalized spacial score (nSPS) is 10.8. The summed E-state index contributed by atoms with van der Waals surface area (Å²) in [6.45, 7) is 0. The number of fused-ring (bicyclic) bond motifs is 1. The second-order valence-electron chi connectivity index (χ2n) is 5.65. The van der Waals surface area contributed by atoms with Crippen LogP contribution in [0, 0.1) is 5.82 Å². The fourth-order valence-corrected chi connectivity index (χ4v) is 3.62. The third-order valence-corrected chi connectivity index (χ3v) is 4.97. The minimum Gasteiger partial charge on any atom is -0.505 e. The van der Waals surface area contributed by atoms with Crippen LogP contribution < -0.4 is 5.32 Å². The number of halogens is 1. The van der Waals surface area contributed by atoms with E-state index in [1.54, 1.807) is 18.2 Å². The van der Waals surface area contributed by atoms with Crippen LogP contribution in [0.2, 0.25) is 0 Å². The van der Waals surface area contributed by atoms with Crippen molar-refractivity contribution in [1.82, 2.24) is 4.98 Å². The summed E-state index contributed by atoms with van der Waals surface area (Å²) in [6, 6.07) is 18.1. The molecule has 2 N–H and O–H groups in total. The summed E-state index contributed by atoms with van der Waals surface area (Å²) >= 11 is 1.46. The molecule has 0 fully saturated rings. The van der Waals surface area contributed by atoms with E-state index in [4.69, 9.17) is 0 Å². The Hall–Kier alpha value is -3.25. The Morgan fingerprint density at radius 2 is 1.85 bits per heavy atom. The van der Waals surface area contributed by atoms with Crippen molar-refractivity contribution in [3.8, 4) is 16.3 Å². The van der Waals surface area contributed by atoms with Crippen LogP contribution >= 0.6 is 11.3 Å². The number of hydrogen-bond donors (Lipinski definition) is 2. The van der Waals surface area contributed by atoms with Gasteiger partial charge in [-0.25, -0.2) is 9.37 Å². The van der Waals surface area contributed by atoms with Gasteiger partial charge < -0.3 is 10.4 Å². The number of nitrogens with zero attached hydrogens (tertiary/aromatic N) is 1. The number of carbonyl (C=O) groups is 1. The third kappa shape index (κ3) is 3.02. The molecule has 128 valence electrons. The highest BCUT2D eigenvalue weighted by molar-refractivity contribution is 7.21. The second-order valence-corrected chi connectivity index (χ2v) is 6.68. The number of phenols is 1. The zero-order chi connectivity index (χ0) is 18.1. The Morgan fingerprint density at radius 3 is 2.65 bits per heavy atom. The van der Waals surface area contributed by atoms with Gasteiger partial charge in [0.25, 0.3) is 5.91 Å². The van der Waals surface area contributed by atoms with Crippen LogP contribution in [0.4, 0.5) is 10.1 Å². The Morgan fingerprint density at radius 1 is 1.04 bits per heavy atom. The number of phenolic OH excluding ortho intramolecular Hbond substituents is 1. The Bertz CT molecular complexity index is 1090. The number of para-hydroxylation sites is 2. The van der Waals surface area contributed by atoms with Gasteiger partial charge in [-0.3, -0.25) is 4.79 Å². The predicted octanol–water partition coefficient (Wildman–Crippen LogP) is 5.06. The topological polar surface area (TPSA) is 62.2 Å². The average molecular weight is 364 g/mol. The molecule has 0 atom stereocenters. The molecule has 4 aromatic rings. The number of rotatable bonds is 3. The Balaban J connectivity index is 1.68. The number of carbonyl (C=O) groups excluding carboxylic acids is 1. The first-order valence-corrected chi connectivity index (χ1v) is 8.68. The van der Waals surface area contributed by atoms with E-state index in [0.717, 1.165) is 16.3 Å². The highest BCUT2D eigenvalue weighted by Crippen LogP contribution is 2.39. The summed E-state index contributed by atoms with van der Waals surface area (Å²) in [7, 11) is 0. The minimum atomic E-state index is -0.499. The van der Waals surface area contributed by atoms with Gasteiger partial charge in [0.15, 0.2) is 0 Å². The molecule has 0 spiro atoms. The zero-order valence-electron chi connectivity index (χ0n) is 13.4. The van der Waals surface area contributed by atoms with E-state index in [0.29, 0.717) is 10.6 Å². The van der Waals surface area contributed by atoms with Gasteiger partial charge >= 0.3 is 0 Å². The monoisotopic (exact) mass is 364 g/mol. The van der Waals surface area contributed by atoms with Crippen molar-refractivity contribution < 1.29 is 14.3 Å². The molecular formula is C20H13FN2O2S. The molecule has 0 saturated carbocycles. The molecule has 0 aliphatic heterocycles. The quantitative estimate of drug-likeness (QED) is 0.500. The van der Waals surface area contributed by atoms with Crippen LogP contribution in [0.3, 0.4) is 0 Å². The first-order chi connectivity index (χ1) is 12.6. The lowest BCUT2D eigenvalue weighted by Gasteiger charge is -2.10. The van der Waals surface area contributed by atoms with Gasteiger partial charge in [0.05, 0.1) is 21.5 Å². The maximum Gasteiger partial charge on any atom is 0.255 e. The van der Waals surface area contributed by atoms with E-state index in [2.05, 4.69) is 10.3 Å². The number of nitrogens with one attached hydrogen (secondary N) is 1. The second kappa shape index (κ2) is 6.57. The SMILES string of the molecule is O=C(Nc1cccc(-c2nc3ccccc3s2)c1O)c1cccc(F)c1. The van der Waals surface area contributed by atoms with Crippen molar-refractivity contribution in [1.29, 1.82) is 0 Å². The Labute approximate surface area is 152 Å². The fraction of sp³-hybridized carbons (Fsp3) is 0. The van der Waals surface area contributed by atoms with Gasteiger partial charge in [-0.15, -0.1) is 11.3 Å². The van der Waals surface area contributed by atoms with Gasteiger partial charge in [-0.05, 0) is 42.5 Å². The summed E-state index contributed by atoms with van der Waals surface area (Å²) in [4.78, 5) is 16.8. The van der Waals surface area contributed by atoms with Crippen LogP contribution in [0.5, 0.6) is 5.75 Å². The lowest BCUT2D eigenvalue weighted by atomic mass is 10.1. The molecule has 1 heterocycles. The highest BCUT2D eigenvalue weighted by Gasteiger charge is 2.15. The minimum absolute atomic E-state index is 0.0729. The van der Waals surface area contributed by atoms with Crippen molar-refractivity contribution in [2.45, 2.75) is 0 Å². The average Bonchev–Trinajstić information content (AvgIpc) is 3.07. The van der Waals surface area contributed by atoms with Crippen molar-refractivity contribution in [2.24, 2.45) is 0 Å². The number of benzene rings is 3. The summed E-state index contributed by atoms with van der Waals surface area (Å²) in [6.07, 6.45) is 0. The number of hydrogen-bond acceptors (Lipinski definition) is 4. The molecule has 1 aromatic heterocycles. The summed E-state index contributed by atoms with van der Waals surface area (Å²) in [5.41, 5.74) is 1.80. The van der Waals surface area contributed by atoms with Crippen LogP contribution in [0.1, 0.15) is 10.4 Å². The van der Waals surface area contributed by atoms with Crippen molar-refractivity contribution in [3.05, 3.63) is 78.1 Å². The molecule has 3 aromatic carbocycles. The smallest absolute Gasteiger partial charge is 0.255 e. The first kappa shape index (κ1) is 16.2. The molecule has 0 aliphatic rings. The van der Waals surface area contributed by atoms with E-state index >= 15 is 0 Å². The molecule has 0 saturated heterocycles. The number of thiazole rings is 1. The van der Waals surface area contributed by atoms with E-state index in [1.165, 1.54) is 29.5 Å². The van der Waals surface area contributed by atoms with Crippen molar-refractivity contribution in [3.63, 3.8) is 0 Å². The number of aromatic hydroxyl groups is 1. The molecule has 6 heteroatoms. The molecule has 0 bridgehead atoms. The van der Waals surface area contributed by atoms with Crippen LogP contribution in [0.25, 0.3) is 20.8 Å². The first-order valence-electron chi connectivity index (χ1n) is 7.86. The van der Waals surface area contributed by atoms with E-state index in [1.807, 2.05) is 24.3 Å². The molecule has 0 aliphatic carbocycles. The van der Waals surface area contributed by atoms with Crippen LogP contribution in [0.15, 0.2) is 66.7 Å². The highest BCUT2D eigenvalue weighted by atomic mass is 32.1. The maximum absolute atomic E-state index is 13.3. The Kier molecular flexibility index (Phi) is 4.10. The fourth-order valence-electron chi connectivity index (χ4n) is 2.63. The largest absolute Gasteiger partial charge is 0.505 e. The van der Waals surface area contributed by atoms with Crippen molar-refractivity contribution in [2.75, 3.05) is 5.32 Å². The molecular weight excluding hydrogens is 351 g/mol. The van der Waals surface area contributed by atoms with Gasteiger partial charge in [0.2, 0.25) is 0 Å². The summed E-state index contributed by atoms with van der Waals surface area (Å²) < 4.78 is 14.3. The molecule has 1 amide bonds. The molecule has 4 rings (SSSR count). The summed E-state index contributed by atoms with van der Waals surface area (Å²) in [5.74, 6) is -1.07. The number of aromatic nitrogens is 1. The lowest BCUT2D eigenvalue weighted by molar-refractivity contribution is 0.102. The van der Waals surface area contributed by atoms with E-state index < -0.39 is 11.7 Å². The van der Waals surface area contributed by atoms with Crippen LogP contribution in [-0.2, 0) is 0 Å². The maximum atomic E-state index is 13.3.